The van der Waals surface area contributed by atoms with Crippen LogP contribution in [0.2, 0.25) is 0 Å². The predicted molar refractivity (Wildman–Crippen MR) is 143 cm³/mol. The van der Waals surface area contributed by atoms with E-state index in [0.717, 1.165) is 56.6 Å². The number of likely N-dealkylation sites (N-methyl/N-ethyl adjacent to an activating group) is 1. The summed E-state index contributed by atoms with van der Waals surface area (Å²) in [5, 5.41) is 4.76. The first-order valence-electron chi connectivity index (χ1n) is 13.5. The zero-order chi connectivity index (χ0) is 26.4. The molecular weight excluding hydrogens is 482 g/mol. The minimum atomic E-state index is -0.660. The van der Waals surface area contributed by atoms with Crippen LogP contribution < -0.4 is 15.5 Å². The molecule has 2 aromatic carbocycles. The molecule has 4 aliphatic rings. The fourth-order valence-electron chi connectivity index (χ4n) is 6.60. The van der Waals surface area contributed by atoms with Crippen LogP contribution in [0.5, 0.6) is 5.75 Å². The number of hydrogen-bond donors (Lipinski definition) is 2. The highest BCUT2D eigenvalue weighted by molar-refractivity contribution is 6.01. The number of amides is 2. The fraction of sp³-hybridized carbons (Fsp3) is 0.483. The van der Waals surface area contributed by atoms with Crippen molar-refractivity contribution in [1.29, 1.82) is 0 Å². The van der Waals surface area contributed by atoms with Crippen LogP contribution >= 0.6 is 0 Å². The summed E-state index contributed by atoms with van der Waals surface area (Å²) in [5.41, 5.74) is 10.1. The Labute approximate surface area is 223 Å². The smallest absolute Gasteiger partial charge is 0.255 e. The number of para-hydroxylation sites is 1. The van der Waals surface area contributed by atoms with Gasteiger partial charge in [-0.15, -0.1) is 0 Å². The summed E-state index contributed by atoms with van der Waals surface area (Å²) >= 11 is 0. The first-order valence-corrected chi connectivity index (χ1v) is 13.5. The van der Waals surface area contributed by atoms with Gasteiger partial charge in [-0.25, -0.2) is 5.01 Å². The molecule has 6 rings (SSSR count). The second-order valence-electron chi connectivity index (χ2n) is 11.1. The fourth-order valence-corrected chi connectivity index (χ4v) is 6.60. The molecule has 1 spiro atoms. The number of hydrazine groups is 1. The number of nitrogens with zero attached hydrogens (tertiary/aromatic N) is 3. The monoisotopic (exact) mass is 517 g/mol. The number of piperidine rings is 1. The largest absolute Gasteiger partial charge is 0.492 e. The zero-order valence-electron chi connectivity index (χ0n) is 22.1. The Hall–Kier alpha value is -3.43. The van der Waals surface area contributed by atoms with E-state index in [1.165, 1.54) is 22.4 Å². The molecule has 2 N–H and O–H groups in total. The third kappa shape index (κ3) is 4.14. The Morgan fingerprint density at radius 1 is 1.21 bits per heavy atom. The molecule has 1 saturated heterocycles. The lowest BCUT2D eigenvalue weighted by atomic mass is 9.73. The van der Waals surface area contributed by atoms with Gasteiger partial charge >= 0.3 is 0 Å². The number of carbonyl (C=O) groups excluding carboxylic acids is 3. The molecule has 4 aliphatic heterocycles. The second-order valence-corrected chi connectivity index (χ2v) is 11.1. The van der Waals surface area contributed by atoms with E-state index in [4.69, 9.17) is 4.74 Å². The summed E-state index contributed by atoms with van der Waals surface area (Å²) in [6.07, 6.45) is 3.34. The van der Waals surface area contributed by atoms with Crippen molar-refractivity contribution in [2.45, 2.75) is 56.8 Å². The van der Waals surface area contributed by atoms with Crippen LogP contribution in [0.1, 0.15) is 58.3 Å². The summed E-state index contributed by atoms with van der Waals surface area (Å²) in [6, 6.07) is 9.93. The van der Waals surface area contributed by atoms with Crippen molar-refractivity contribution < 1.29 is 19.1 Å². The van der Waals surface area contributed by atoms with Crippen LogP contribution in [0, 0.1) is 0 Å². The standard InChI is InChI=1S/C29H35N5O4/c1-30-27(36)24(7-4-12-35)34-17-21-13-23-25(14-22(21)28(34)37)38-18-29(23)8-10-33(11-9-29)16-20-6-3-5-19-15-32(2)31-26(19)20/h3,5-6,12-14,24,31H,4,7-11,15-18H2,1-2H3,(H,30,36). The Morgan fingerprint density at radius 2 is 2.03 bits per heavy atom. The average molecular weight is 518 g/mol. The summed E-state index contributed by atoms with van der Waals surface area (Å²) < 4.78 is 6.19. The molecule has 9 heteroatoms. The van der Waals surface area contributed by atoms with Gasteiger partial charge in [-0.2, -0.15) is 0 Å². The number of aldehydes is 1. The van der Waals surface area contributed by atoms with Crippen LogP contribution in [-0.4, -0.2) is 72.7 Å². The van der Waals surface area contributed by atoms with Gasteiger partial charge in [0.1, 0.15) is 18.1 Å². The number of nitrogens with one attached hydrogen (secondary N) is 2. The number of fused-ring (bicyclic) bond motifs is 4. The second kappa shape index (κ2) is 9.71. The van der Waals surface area contributed by atoms with Crippen LogP contribution in [0.15, 0.2) is 30.3 Å². The molecule has 0 aliphatic carbocycles. The summed E-state index contributed by atoms with van der Waals surface area (Å²) in [7, 11) is 3.63. The molecule has 0 bridgehead atoms. The number of likely N-dealkylation sites (tertiary alicyclic amines) is 1. The molecule has 0 radical (unpaired) electrons. The normalized spacial score (nSPS) is 20.5. The topological polar surface area (TPSA) is 94.2 Å². The molecule has 1 fully saturated rings. The molecule has 2 aromatic rings. The number of anilines is 1. The van der Waals surface area contributed by atoms with Crippen LogP contribution in [0.25, 0.3) is 0 Å². The minimum absolute atomic E-state index is 0.0495. The van der Waals surface area contributed by atoms with Crippen molar-refractivity contribution in [3.05, 3.63) is 58.1 Å². The lowest BCUT2D eigenvalue weighted by Crippen LogP contribution is -2.46. The predicted octanol–water partition coefficient (Wildman–Crippen LogP) is 2.43. The van der Waals surface area contributed by atoms with Gasteiger partial charge in [0.05, 0.1) is 12.3 Å². The quantitative estimate of drug-likeness (QED) is 0.545. The number of hydrogen-bond acceptors (Lipinski definition) is 7. The van der Waals surface area contributed by atoms with E-state index in [1.54, 1.807) is 11.9 Å². The van der Waals surface area contributed by atoms with E-state index in [1.807, 2.05) is 6.07 Å². The summed E-state index contributed by atoms with van der Waals surface area (Å²) in [5.74, 6) is 0.382. The van der Waals surface area contributed by atoms with Crippen LogP contribution in [0.3, 0.4) is 0 Å². The van der Waals surface area contributed by atoms with E-state index >= 15 is 0 Å². The van der Waals surface area contributed by atoms with Gasteiger partial charge in [-0.1, -0.05) is 18.2 Å². The third-order valence-corrected chi connectivity index (χ3v) is 8.75. The first-order chi connectivity index (χ1) is 18.4. The third-order valence-electron chi connectivity index (χ3n) is 8.75. The van der Waals surface area contributed by atoms with Crippen molar-refractivity contribution in [3.63, 3.8) is 0 Å². The summed E-state index contributed by atoms with van der Waals surface area (Å²) in [4.78, 5) is 40.9. The Morgan fingerprint density at radius 3 is 2.79 bits per heavy atom. The van der Waals surface area contributed by atoms with E-state index < -0.39 is 6.04 Å². The maximum Gasteiger partial charge on any atom is 0.255 e. The van der Waals surface area contributed by atoms with E-state index in [-0.39, 0.29) is 23.7 Å². The Kier molecular flexibility index (Phi) is 6.36. The molecule has 38 heavy (non-hydrogen) atoms. The minimum Gasteiger partial charge on any atom is -0.492 e. The van der Waals surface area contributed by atoms with Gasteiger partial charge in [0.25, 0.3) is 5.91 Å². The highest BCUT2D eigenvalue weighted by atomic mass is 16.5. The molecule has 4 heterocycles. The van der Waals surface area contributed by atoms with E-state index in [2.05, 4.69) is 52.0 Å². The number of benzene rings is 2. The molecule has 1 atom stereocenters. The van der Waals surface area contributed by atoms with Crippen molar-refractivity contribution >= 4 is 23.8 Å². The van der Waals surface area contributed by atoms with Crippen molar-refractivity contribution in [1.82, 2.24) is 20.1 Å². The lowest BCUT2D eigenvalue weighted by Gasteiger charge is -2.38. The summed E-state index contributed by atoms with van der Waals surface area (Å²) in [6.45, 7) is 4.82. The van der Waals surface area contributed by atoms with Gasteiger partial charge in [0.2, 0.25) is 5.91 Å². The number of rotatable bonds is 7. The molecule has 0 aromatic heterocycles. The van der Waals surface area contributed by atoms with Crippen molar-refractivity contribution in [2.75, 3.05) is 39.2 Å². The molecule has 2 amide bonds. The van der Waals surface area contributed by atoms with Crippen molar-refractivity contribution in [2.24, 2.45) is 0 Å². The lowest BCUT2D eigenvalue weighted by molar-refractivity contribution is -0.125. The van der Waals surface area contributed by atoms with E-state index in [9.17, 15) is 14.4 Å². The van der Waals surface area contributed by atoms with Crippen LogP contribution in [-0.2, 0) is 34.6 Å². The van der Waals surface area contributed by atoms with Gasteiger partial charge in [0, 0.05) is 56.7 Å². The maximum absolute atomic E-state index is 13.3. The van der Waals surface area contributed by atoms with Crippen LogP contribution in [0.4, 0.5) is 5.69 Å². The molecular formula is C29H35N5O4. The highest BCUT2D eigenvalue weighted by Gasteiger charge is 2.45. The molecule has 200 valence electrons. The molecule has 9 nitrogen and oxygen atoms in total. The Bertz CT molecular complexity index is 1290. The molecule has 1 unspecified atom stereocenters. The van der Waals surface area contributed by atoms with Gasteiger partial charge in [0.15, 0.2) is 0 Å². The SMILES string of the molecule is CNC(=O)C(CCC=O)N1Cc2cc3c(cc2C1=O)OCC31CCN(Cc2cccc3c2NN(C)C3)CC1. The van der Waals surface area contributed by atoms with Gasteiger partial charge < -0.3 is 25.2 Å². The maximum atomic E-state index is 13.3. The first kappa shape index (κ1) is 24.9. The zero-order valence-corrected chi connectivity index (χ0v) is 22.1. The highest BCUT2D eigenvalue weighted by Crippen LogP contribution is 2.48. The average Bonchev–Trinajstić information content (AvgIpc) is 3.58. The Balaban J connectivity index is 1.18. The van der Waals surface area contributed by atoms with E-state index in [0.29, 0.717) is 25.1 Å². The number of ether oxygens (including phenoxy) is 1. The molecule has 0 saturated carbocycles. The van der Waals surface area contributed by atoms with Gasteiger partial charge in [-0.3, -0.25) is 14.5 Å². The van der Waals surface area contributed by atoms with Crippen molar-refractivity contribution in [3.8, 4) is 5.75 Å². The van der Waals surface area contributed by atoms with Gasteiger partial charge in [-0.05, 0) is 61.2 Å². The number of carbonyl (C=O) groups is 3.